The molecule has 24 heavy (non-hydrogen) atoms. The average molecular weight is 326 g/mol. The maximum Gasteiger partial charge on any atom is 0.342 e. The lowest BCUT2D eigenvalue weighted by molar-refractivity contribution is 0.0453. The third kappa shape index (κ3) is 3.19. The number of aromatic nitrogens is 4. The molecule has 0 radical (unpaired) electrons. The van der Waals surface area contributed by atoms with Crippen molar-refractivity contribution in [2.24, 2.45) is 0 Å². The van der Waals surface area contributed by atoms with Crippen molar-refractivity contribution < 1.29 is 14.3 Å². The van der Waals surface area contributed by atoms with Crippen molar-refractivity contribution in [1.82, 2.24) is 20.2 Å². The highest BCUT2D eigenvalue weighted by Crippen LogP contribution is 2.26. The fraction of sp³-hybridized carbons (Fsp3) is 0.294. The number of fused-ring (bicyclic) bond motifs is 1. The predicted octanol–water partition coefficient (Wildman–Crippen LogP) is 2.60. The van der Waals surface area contributed by atoms with Gasteiger partial charge < -0.3 is 9.47 Å². The molecule has 0 N–H and O–H groups in total. The number of hydrogen-bond donors (Lipinski definition) is 0. The molecule has 0 aliphatic carbocycles. The van der Waals surface area contributed by atoms with Gasteiger partial charge in [0.1, 0.15) is 11.3 Å². The Kier molecular flexibility index (Phi) is 4.69. The van der Waals surface area contributed by atoms with Crippen LogP contribution in [0.3, 0.4) is 0 Å². The normalized spacial score (nSPS) is 10.8. The Morgan fingerprint density at radius 3 is 2.67 bits per heavy atom. The fourth-order valence-corrected chi connectivity index (χ4v) is 2.47. The van der Waals surface area contributed by atoms with E-state index in [-0.39, 0.29) is 6.61 Å². The minimum atomic E-state index is -0.469. The molecule has 0 saturated heterocycles. The molecular formula is C17H18N4O3. The van der Waals surface area contributed by atoms with Gasteiger partial charge in [-0.05, 0) is 39.8 Å². The van der Waals surface area contributed by atoms with Crippen molar-refractivity contribution in [2.45, 2.75) is 26.5 Å². The zero-order valence-corrected chi connectivity index (χ0v) is 13.6. The van der Waals surface area contributed by atoms with Crippen molar-refractivity contribution in [3.63, 3.8) is 0 Å². The molecule has 0 saturated carbocycles. The summed E-state index contributed by atoms with van der Waals surface area (Å²) in [4.78, 5) is 12.5. The lowest BCUT2D eigenvalue weighted by atomic mass is 10.1. The first-order valence-electron chi connectivity index (χ1n) is 7.72. The Balaban J connectivity index is 1.81. The number of benzene rings is 2. The number of rotatable bonds is 6. The number of methoxy groups -OCH3 is 1. The molecule has 0 aliphatic rings. The summed E-state index contributed by atoms with van der Waals surface area (Å²) in [6.07, 6.45) is 0.893. The van der Waals surface area contributed by atoms with Crippen molar-refractivity contribution in [3.8, 4) is 5.75 Å². The largest absolute Gasteiger partial charge is 0.496 e. The van der Waals surface area contributed by atoms with Crippen LogP contribution in [0.1, 0.15) is 29.5 Å². The first kappa shape index (κ1) is 15.9. The lowest BCUT2D eigenvalue weighted by Crippen LogP contribution is -2.11. The maximum atomic E-state index is 12.5. The van der Waals surface area contributed by atoms with Crippen LogP contribution in [0, 0.1) is 0 Å². The van der Waals surface area contributed by atoms with Crippen LogP contribution in [0.25, 0.3) is 10.8 Å². The summed E-state index contributed by atoms with van der Waals surface area (Å²) >= 11 is 0. The molecular weight excluding hydrogens is 308 g/mol. The Morgan fingerprint density at radius 1 is 1.21 bits per heavy atom. The second-order valence-corrected chi connectivity index (χ2v) is 5.29. The molecule has 2 aromatic carbocycles. The molecule has 0 bridgehead atoms. The summed E-state index contributed by atoms with van der Waals surface area (Å²) in [5.41, 5.74) is 0.380. The van der Waals surface area contributed by atoms with E-state index >= 15 is 0 Å². The molecule has 124 valence electrons. The van der Waals surface area contributed by atoms with Gasteiger partial charge in [-0.2, -0.15) is 0 Å². The van der Waals surface area contributed by atoms with Crippen LogP contribution < -0.4 is 4.74 Å². The molecule has 0 unspecified atom stereocenters. The van der Waals surface area contributed by atoms with Crippen LogP contribution in [0.2, 0.25) is 0 Å². The molecule has 1 aromatic heterocycles. The van der Waals surface area contributed by atoms with Crippen LogP contribution in [-0.2, 0) is 17.9 Å². The van der Waals surface area contributed by atoms with Gasteiger partial charge in [-0.3, -0.25) is 0 Å². The van der Waals surface area contributed by atoms with Crippen molar-refractivity contribution in [1.29, 1.82) is 0 Å². The van der Waals surface area contributed by atoms with E-state index in [1.54, 1.807) is 10.7 Å². The smallest absolute Gasteiger partial charge is 0.342 e. The Bertz CT molecular complexity index is 860. The second kappa shape index (κ2) is 7.08. The summed E-state index contributed by atoms with van der Waals surface area (Å²) in [6.45, 7) is 2.72. The Labute approximate surface area is 139 Å². The third-order valence-electron chi connectivity index (χ3n) is 3.66. The highest BCUT2D eigenvalue weighted by Gasteiger charge is 2.17. The monoisotopic (exact) mass is 326 g/mol. The zero-order chi connectivity index (χ0) is 16.9. The van der Waals surface area contributed by atoms with E-state index in [0.717, 1.165) is 17.2 Å². The number of hydrogen-bond acceptors (Lipinski definition) is 6. The third-order valence-corrected chi connectivity index (χ3v) is 3.66. The zero-order valence-electron chi connectivity index (χ0n) is 13.6. The molecule has 0 atom stereocenters. The number of nitrogens with zero attached hydrogens (tertiary/aromatic N) is 4. The van der Waals surface area contributed by atoms with E-state index in [1.165, 1.54) is 7.11 Å². The van der Waals surface area contributed by atoms with Crippen LogP contribution in [0.4, 0.5) is 0 Å². The van der Waals surface area contributed by atoms with Gasteiger partial charge in [-0.25, -0.2) is 9.48 Å². The van der Waals surface area contributed by atoms with E-state index in [0.29, 0.717) is 23.7 Å². The van der Waals surface area contributed by atoms with Crippen LogP contribution in [-0.4, -0.2) is 33.3 Å². The number of tetrazole rings is 1. The first-order valence-corrected chi connectivity index (χ1v) is 7.72. The van der Waals surface area contributed by atoms with Gasteiger partial charge in [0.05, 0.1) is 7.11 Å². The van der Waals surface area contributed by atoms with E-state index in [9.17, 15) is 4.79 Å². The summed E-state index contributed by atoms with van der Waals surface area (Å²) in [6, 6.07) is 11.4. The molecule has 7 heteroatoms. The predicted molar refractivity (Wildman–Crippen MR) is 87.7 cm³/mol. The highest BCUT2D eigenvalue weighted by atomic mass is 16.5. The molecule has 7 nitrogen and oxygen atoms in total. The van der Waals surface area contributed by atoms with E-state index in [2.05, 4.69) is 15.5 Å². The average Bonchev–Trinajstić information content (AvgIpc) is 3.06. The molecule has 3 rings (SSSR count). The molecule has 0 fully saturated rings. The Morgan fingerprint density at radius 2 is 1.96 bits per heavy atom. The molecule has 0 amide bonds. The SMILES string of the molecule is CCCn1nnnc1COC(=O)c1cc2ccccc2cc1OC. The van der Waals surface area contributed by atoms with Crippen molar-refractivity contribution in [3.05, 3.63) is 47.8 Å². The number of ether oxygens (including phenoxy) is 2. The molecule has 0 aliphatic heterocycles. The molecule has 3 aromatic rings. The second-order valence-electron chi connectivity index (χ2n) is 5.29. The van der Waals surface area contributed by atoms with E-state index in [1.807, 2.05) is 37.3 Å². The number of carbonyl (C=O) groups excluding carboxylic acids is 1. The van der Waals surface area contributed by atoms with Crippen LogP contribution in [0.15, 0.2) is 36.4 Å². The topological polar surface area (TPSA) is 79.1 Å². The number of aryl methyl sites for hydroxylation is 1. The van der Waals surface area contributed by atoms with Crippen LogP contribution >= 0.6 is 0 Å². The van der Waals surface area contributed by atoms with Gasteiger partial charge in [0.2, 0.25) is 0 Å². The summed E-state index contributed by atoms with van der Waals surface area (Å²) in [5.74, 6) is 0.528. The van der Waals surface area contributed by atoms with Crippen molar-refractivity contribution >= 4 is 16.7 Å². The number of carbonyl (C=O) groups is 1. The summed E-state index contributed by atoms with van der Waals surface area (Å²) in [5, 5.41) is 13.3. The summed E-state index contributed by atoms with van der Waals surface area (Å²) < 4.78 is 12.3. The quantitative estimate of drug-likeness (QED) is 0.648. The minimum absolute atomic E-state index is 0.0157. The minimum Gasteiger partial charge on any atom is -0.496 e. The van der Waals surface area contributed by atoms with Gasteiger partial charge in [-0.15, -0.1) is 5.10 Å². The molecule has 0 spiro atoms. The van der Waals surface area contributed by atoms with Gasteiger partial charge in [0, 0.05) is 6.54 Å². The van der Waals surface area contributed by atoms with Gasteiger partial charge in [-0.1, -0.05) is 31.2 Å². The van der Waals surface area contributed by atoms with Crippen LogP contribution in [0.5, 0.6) is 5.75 Å². The van der Waals surface area contributed by atoms with Gasteiger partial charge >= 0.3 is 5.97 Å². The lowest BCUT2D eigenvalue weighted by Gasteiger charge is -2.10. The summed E-state index contributed by atoms with van der Waals surface area (Å²) in [7, 11) is 1.53. The fourth-order valence-electron chi connectivity index (χ4n) is 2.47. The Hall–Kier alpha value is -2.96. The number of esters is 1. The van der Waals surface area contributed by atoms with Crippen molar-refractivity contribution in [2.75, 3.05) is 7.11 Å². The standard InChI is InChI=1S/C17H18N4O3/c1-3-8-21-16(18-19-20-21)11-24-17(22)14-9-12-6-4-5-7-13(12)10-15(14)23-2/h4-7,9-10H,3,8,11H2,1-2H3. The first-order chi connectivity index (χ1) is 11.7. The van der Waals surface area contributed by atoms with Gasteiger partial charge in [0.15, 0.2) is 12.4 Å². The van der Waals surface area contributed by atoms with Gasteiger partial charge in [0.25, 0.3) is 0 Å². The van der Waals surface area contributed by atoms with E-state index < -0.39 is 5.97 Å². The molecule has 1 heterocycles. The van der Waals surface area contributed by atoms with E-state index in [4.69, 9.17) is 9.47 Å². The highest BCUT2D eigenvalue weighted by molar-refractivity contribution is 5.98. The maximum absolute atomic E-state index is 12.5.